The molecule has 0 N–H and O–H groups in total. The zero-order chi connectivity index (χ0) is 15.4. The van der Waals surface area contributed by atoms with Crippen molar-refractivity contribution in [1.82, 2.24) is 0 Å². The lowest BCUT2D eigenvalue weighted by Gasteiger charge is -2.15. The van der Waals surface area contributed by atoms with Crippen molar-refractivity contribution >= 4 is 46.1 Å². The van der Waals surface area contributed by atoms with Crippen LogP contribution in [-0.2, 0) is 0 Å². The fourth-order valence-corrected chi connectivity index (χ4v) is 3.89. The Morgan fingerprint density at radius 3 is 2.29 bits per heavy atom. The lowest BCUT2D eigenvalue weighted by atomic mass is 10.1. The van der Waals surface area contributed by atoms with E-state index in [0.717, 1.165) is 11.1 Å². The number of thiophene rings is 1. The molecule has 0 radical (unpaired) electrons. The topological polar surface area (TPSA) is 18.5 Å². The molecule has 0 fully saturated rings. The van der Waals surface area contributed by atoms with Gasteiger partial charge in [-0.2, -0.15) is 0 Å². The quantitative estimate of drug-likeness (QED) is 0.569. The second-order valence-electron chi connectivity index (χ2n) is 4.21. The highest BCUT2D eigenvalue weighted by atomic mass is 35.5. The molecule has 1 aromatic carbocycles. The van der Waals surface area contributed by atoms with Crippen LogP contribution in [0, 0.1) is 0 Å². The monoisotopic (exact) mass is 364 g/mol. The third-order valence-electron chi connectivity index (χ3n) is 2.82. The van der Waals surface area contributed by atoms with E-state index >= 15 is 0 Å². The largest absolute Gasteiger partial charge is 0.490 e. The summed E-state index contributed by atoms with van der Waals surface area (Å²) in [5.74, 6) is 1.39. The molecule has 21 heavy (non-hydrogen) atoms. The van der Waals surface area contributed by atoms with Crippen LogP contribution in [0.3, 0.4) is 0 Å². The minimum absolute atomic E-state index is 0.379. The Hall–Kier alpha value is -0.610. The van der Waals surface area contributed by atoms with Crippen LogP contribution in [0.25, 0.3) is 0 Å². The van der Waals surface area contributed by atoms with E-state index in [-0.39, 0.29) is 5.38 Å². The van der Waals surface area contributed by atoms with Gasteiger partial charge in [-0.1, -0.05) is 29.3 Å². The molecular weight excluding hydrogens is 351 g/mol. The molecule has 2 rings (SSSR count). The first-order chi connectivity index (χ1) is 10.1. The SMILES string of the molecule is CCOc1ccc(C(Cl)c2cc(Cl)sc2Cl)cc1OCC. The summed E-state index contributed by atoms with van der Waals surface area (Å²) >= 11 is 20.0. The standard InChI is InChI=1S/C15H15Cl3O2S/c1-3-19-11-6-5-9(7-12(11)20-4-2)14(17)10-8-13(16)21-15(10)18/h5-8,14H,3-4H2,1-2H3. The van der Waals surface area contributed by atoms with E-state index in [1.54, 1.807) is 6.07 Å². The molecule has 0 spiro atoms. The van der Waals surface area contributed by atoms with E-state index in [1.165, 1.54) is 11.3 Å². The summed E-state index contributed by atoms with van der Waals surface area (Å²) < 4.78 is 12.4. The molecule has 0 saturated heterocycles. The molecule has 1 aromatic heterocycles. The summed E-state index contributed by atoms with van der Waals surface area (Å²) in [5.41, 5.74) is 1.69. The van der Waals surface area contributed by atoms with Gasteiger partial charge in [-0.15, -0.1) is 22.9 Å². The minimum Gasteiger partial charge on any atom is -0.490 e. The van der Waals surface area contributed by atoms with Crippen molar-refractivity contribution in [2.75, 3.05) is 13.2 Å². The Labute approximate surface area is 143 Å². The van der Waals surface area contributed by atoms with Crippen LogP contribution < -0.4 is 9.47 Å². The van der Waals surface area contributed by atoms with Crippen LogP contribution in [0.15, 0.2) is 24.3 Å². The Morgan fingerprint density at radius 1 is 1.05 bits per heavy atom. The van der Waals surface area contributed by atoms with Crippen molar-refractivity contribution in [3.63, 3.8) is 0 Å². The number of rotatable bonds is 6. The normalized spacial score (nSPS) is 12.2. The van der Waals surface area contributed by atoms with Crippen LogP contribution in [-0.4, -0.2) is 13.2 Å². The molecule has 0 aliphatic carbocycles. The summed E-state index contributed by atoms with van der Waals surface area (Å²) in [5, 5.41) is -0.379. The Kier molecular flexibility index (Phi) is 6.06. The first-order valence-corrected chi connectivity index (χ1v) is 8.56. The van der Waals surface area contributed by atoms with Crippen LogP contribution in [0.1, 0.15) is 30.4 Å². The number of ether oxygens (including phenoxy) is 2. The predicted molar refractivity (Wildman–Crippen MR) is 90.8 cm³/mol. The third kappa shape index (κ3) is 3.98. The van der Waals surface area contributed by atoms with Gasteiger partial charge in [0.1, 0.15) is 0 Å². The summed E-state index contributed by atoms with van der Waals surface area (Å²) in [6.45, 7) is 4.99. The molecule has 2 nitrogen and oxygen atoms in total. The van der Waals surface area contributed by atoms with Gasteiger partial charge in [-0.05, 0) is 37.6 Å². The number of hydrogen-bond donors (Lipinski definition) is 0. The van der Waals surface area contributed by atoms with Crippen molar-refractivity contribution in [3.05, 3.63) is 44.1 Å². The van der Waals surface area contributed by atoms with E-state index in [1.807, 2.05) is 32.0 Å². The van der Waals surface area contributed by atoms with E-state index in [2.05, 4.69) is 0 Å². The van der Waals surface area contributed by atoms with Crippen molar-refractivity contribution in [3.8, 4) is 11.5 Å². The van der Waals surface area contributed by atoms with Crippen LogP contribution >= 0.6 is 46.1 Å². The Balaban J connectivity index is 2.35. The van der Waals surface area contributed by atoms with Crippen LogP contribution in [0.2, 0.25) is 8.67 Å². The maximum atomic E-state index is 6.52. The average Bonchev–Trinajstić information content (AvgIpc) is 2.79. The molecule has 0 aliphatic heterocycles. The number of alkyl halides is 1. The predicted octanol–water partition coefficient (Wildman–Crippen LogP) is 6.18. The first kappa shape index (κ1) is 16.8. The fourth-order valence-electron chi connectivity index (χ4n) is 1.93. The lowest BCUT2D eigenvalue weighted by molar-refractivity contribution is 0.287. The zero-order valence-corrected chi connectivity index (χ0v) is 14.7. The molecule has 1 atom stereocenters. The maximum Gasteiger partial charge on any atom is 0.161 e. The Morgan fingerprint density at radius 2 is 1.71 bits per heavy atom. The minimum atomic E-state index is -0.379. The van der Waals surface area contributed by atoms with E-state index in [0.29, 0.717) is 33.4 Å². The maximum absolute atomic E-state index is 6.52. The Bertz CT molecular complexity index is 613. The molecule has 0 saturated carbocycles. The molecule has 114 valence electrons. The van der Waals surface area contributed by atoms with Gasteiger partial charge in [0.2, 0.25) is 0 Å². The smallest absolute Gasteiger partial charge is 0.161 e. The molecule has 0 amide bonds. The van der Waals surface area contributed by atoms with Gasteiger partial charge in [-0.25, -0.2) is 0 Å². The number of halogens is 3. The van der Waals surface area contributed by atoms with Gasteiger partial charge in [0.15, 0.2) is 11.5 Å². The third-order valence-corrected chi connectivity index (χ3v) is 4.82. The highest BCUT2D eigenvalue weighted by Crippen LogP contribution is 2.42. The molecule has 1 unspecified atom stereocenters. The first-order valence-electron chi connectivity index (χ1n) is 6.55. The van der Waals surface area contributed by atoms with Gasteiger partial charge >= 0.3 is 0 Å². The average molecular weight is 366 g/mol. The van der Waals surface area contributed by atoms with Gasteiger partial charge in [0, 0.05) is 5.56 Å². The van der Waals surface area contributed by atoms with Crippen molar-refractivity contribution in [2.45, 2.75) is 19.2 Å². The van der Waals surface area contributed by atoms with Gasteiger partial charge in [0.25, 0.3) is 0 Å². The highest BCUT2D eigenvalue weighted by molar-refractivity contribution is 7.20. The van der Waals surface area contributed by atoms with E-state index < -0.39 is 0 Å². The molecular formula is C15H15Cl3O2S. The highest BCUT2D eigenvalue weighted by Gasteiger charge is 2.19. The second-order valence-corrected chi connectivity index (χ2v) is 6.94. The molecule has 1 heterocycles. The summed E-state index contributed by atoms with van der Waals surface area (Å²) in [6.07, 6.45) is 0. The van der Waals surface area contributed by atoms with E-state index in [9.17, 15) is 0 Å². The van der Waals surface area contributed by atoms with Crippen molar-refractivity contribution in [2.24, 2.45) is 0 Å². The van der Waals surface area contributed by atoms with Gasteiger partial charge in [-0.3, -0.25) is 0 Å². The summed E-state index contributed by atoms with van der Waals surface area (Å²) in [6, 6.07) is 7.45. The zero-order valence-electron chi connectivity index (χ0n) is 11.7. The lowest BCUT2D eigenvalue weighted by Crippen LogP contribution is -2.00. The fraction of sp³-hybridized carbons (Fsp3) is 0.333. The second kappa shape index (κ2) is 7.59. The summed E-state index contributed by atoms with van der Waals surface area (Å²) in [7, 11) is 0. The molecule has 6 heteroatoms. The molecule has 0 aliphatic rings. The molecule has 0 bridgehead atoms. The van der Waals surface area contributed by atoms with Crippen molar-refractivity contribution < 1.29 is 9.47 Å². The number of benzene rings is 1. The van der Waals surface area contributed by atoms with Crippen molar-refractivity contribution in [1.29, 1.82) is 0 Å². The van der Waals surface area contributed by atoms with E-state index in [4.69, 9.17) is 44.3 Å². The van der Waals surface area contributed by atoms with Gasteiger partial charge in [0.05, 0.1) is 27.3 Å². The molecule has 2 aromatic rings. The van der Waals surface area contributed by atoms with Gasteiger partial charge < -0.3 is 9.47 Å². The van der Waals surface area contributed by atoms with Crippen LogP contribution in [0.4, 0.5) is 0 Å². The summed E-state index contributed by atoms with van der Waals surface area (Å²) in [4.78, 5) is 0. The van der Waals surface area contributed by atoms with Crippen LogP contribution in [0.5, 0.6) is 11.5 Å². The number of hydrogen-bond acceptors (Lipinski definition) is 3.